The van der Waals surface area contributed by atoms with Crippen LogP contribution < -0.4 is 0 Å². The van der Waals surface area contributed by atoms with Crippen LogP contribution in [0.3, 0.4) is 0 Å². The molecule has 0 saturated carbocycles. The number of allylic oxidation sites excluding steroid dienone is 6. The van der Waals surface area contributed by atoms with Gasteiger partial charge in [0.15, 0.2) is 0 Å². The minimum absolute atomic E-state index is 1.23. The van der Waals surface area contributed by atoms with E-state index in [2.05, 4.69) is 24.3 Å². The maximum atomic E-state index is 2.32. The van der Waals surface area contributed by atoms with Gasteiger partial charge in [-0.25, -0.2) is 0 Å². The second kappa shape index (κ2) is 3.75. The molecule has 0 bridgehead atoms. The highest BCUT2D eigenvalue weighted by Crippen LogP contribution is 2.28. The fourth-order valence-electron chi connectivity index (χ4n) is 2.05. The molecule has 0 amide bonds. The molecule has 64 valence electrons. The van der Waals surface area contributed by atoms with Gasteiger partial charge in [0.2, 0.25) is 0 Å². The minimum Gasteiger partial charge on any atom is -0.0879 e. The molecule has 0 saturated heterocycles. The smallest absolute Gasteiger partial charge is 0.0136 e. The van der Waals surface area contributed by atoms with E-state index in [1.54, 1.807) is 11.1 Å². The van der Waals surface area contributed by atoms with Crippen molar-refractivity contribution >= 4 is 0 Å². The maximum absolute atomic E-state index is 2.32. The third-order valence-corrected chi connectivity index (χ3v) is 2.79. The number of hydrogen-bond donors (Lipinski definition) is 0. The lowest BCUT2D eigenvalue weighted by Crippen LogP contribution is -1.97. The number of rotatable bonds is 0. The Balaban J connectivity index is 2.12. The van der Waals surface area contributed by atoms with E-state index in [1.165, 1.54) is 38.5 Å². The Hall–Kier alpha value is -0.780. The second-order valence-corrected chi connectivity index (χ2v) is 3.64. The van der Waals surface area contributed by atoms with Gasteiger partial charge in [0.1, 0.15) is 0 Å². The topological polar surface area (TPSA) is 0 Å². The van der Waals surface area contributed by atoms with E-state index >= 15 is 0 Å². The first kappa shape index (κ1) is 7.85. The molecule has 0 aromatic carbocycles. The molecule has 12 heavy (non-hydrogen) atoms. The third kappa shape index (κ3) is 1.69. The molecule has 0 heteroatoms. The fraction of sp³-hybridized carbons (Fsp3) is 0.500. The van der Waals surface area contributed by atoms with E-state index in [-0.39, 0.29) is 0 Å². The first-order valence-electron chi connectivity index (χ1n) is 4.96. The number of hydrogen-bond acceptors (Lipinski definition) is 0. The summed E-state index contributed by atoms with van der Waals surface area (Å²) in [7, 11) is 0. The maximum Gasteiger partial charge on any atom is -0.0136 e. The van der Waals surface area contributed by atoms with Crippen molar-refractivity contribution < 1.29 is 0 Å². The molecule has 0 unspecified atom stereocenters. The molecule has 0 N–H and O–H groups in total. The molecule has 0 aromatic heterocycles. The molecular formula is C12H16. The van der Waals surface area contributed by atoms with E-state index in [9.17, 15) is 0 Å². The molecule has 0 nitrogen and oxygen atoms in total. The Kier molecular flexibility index (Phi) is 2.45. The average Bonchev–Trinajstić information content (AvgIpc) is 2.21. The van der Waals surface area contributed by atoms with Gasteiger partial charge in [0, 0.05) is 0 Å². The van der Waals surface area contributed by atoms with Gasteiger partial charge in [-0.3, -0.25) is 0 Å². The van der Waals surface area contributed by atoms with Gasteiger partial charge in [-0.05, 0) is 38.5 Å². The normalized spacial score (nSPS) is 29.3. The Morgan fingerprint density at radius 2 is 1.17 bits per heavy atom. The predicted molar refractivity (Wildman–Crippen MR) is 53.0 cm³/mol. The first-order chi connectivity index (χ1) is 5.97. The van der Waals surface area contributed by atoms with Gasteiger partial charge in [-0.2, -0.15) is 0 Å². The van der Waals surface area contributed by atoms with Crippen molar-refractivity contribution in [2.45, 2.75) is 38.5 Å². The van der Waals surface area contributed by atoms with Crippen LogP contribution in [-0.4, -0.2) is 0 Å². The van der Waals surface area contributed by atoms with Crippen LogP contribution in [0.5, 0.6) is 0 Å². The highest BCUT2D eigenvalue weighted by molar-refractivity contribution is 5.24. The summed E-state index contributed by atoms with van der Waals surface area (Å²) in [5.74, 6) is 0. The molecule has 0 aromatic rings. The van der Waals surface area contributed by atoms with E-state index in [4.69, 9.17) is 0 Å². The summed E-state index contributed by atoms with van der Waals surface area (Å²) in [5, 5.41) is 0. The van der Waals surface area contributed by atoms with Gasteiger partial charge < -0.3 is 0 Å². The molecule has 0 heterocycles. The lowest BCUT2D eigenvalue weighted by atomic mass is 9.89. The summed E-state index contributed by atoms with van der Waals surface area (Å²) in [6, 6.07) is 0. The Morgan fingerprint density at radius 3 is 1.50 bits per heavy atom. The van der Waals surface area contributed by atoms with Gasteiger partial charge in [0.05, 0.1) is 0 Å². The van der Waals surface area contributed by atoms with Crippen molar-refractivity contribution in [2.24, 2.45) is 0 Å². The highest BCUT2D eigenvalue weighted by atomic mass is 14.1. The molecule has 0 atom stereocenters. The highest BCUT2D eigenvalue weighted by Gasteiger charge is 2.08. The van der Waals surface area contributed by atoms with Crippen molar-refractivity contribution in [2.75, 3.05) is 0 Å². The molecule has 2 aliphatic carbocycles. The lowest BCUT2D eigenvalue weighted by molar-refractivity contribution is 0.808. The molecule has 0 radical (unpaired) electrons. The third-order valence-electron chi connectivity index (χ3n) is 2.79. The van der Waals surface area contributed by atoms with Gasteiger partial charge in [-0.1, -0.05) is 35.5 Å². The SMILES string of the molecule is C1=CC/C(=C2/CC=CCC2)CC1. The standard InChI is InChI=1S/C12H16/c1-3-7-11(8-4-1)12-9-5-2-6-10-12/h1-3,5H,4,6-10H2/b12-11+. The Labute approximate surface area is 74.7 Å². The van der Waals surface area contributed by atoms with E-state index in [0.29, 0.717) is 0 Å². The Bertz CT molecular complexity index is 215. The van der Waals surface area contributed by atoms with Crippen molar-refractivity contribution in [3.8, 4) is 0 Å². The summed E-state index contributed by atoms with van der Waals surface area (Å²) >= 11 is 0. The van der Waals surface area contributed by atoms with Crippen LogP contribution in [0.1, 0.15) is 38.5 Å². The summed E-state index contributed by atoms with van der Waals surface area (Å²) in [6.45, 7) is 0. The summed E-state index contributed by atoms with van der Waals surface area (Å²) in [4.78, 5) is 0. The van der Waals surface area contributed by atoms with E-state index < -0.39 is 0 Å². The van der Waals surface area contributed by atoms with E-state index in [1.807, 2.05) is 0 Å². The van der Waals surface area contributed by atoms with Crippen LogP contribution in [0, 0.1) is 0 Å². The molecule has 2 aliphatic rings. The fourth-order valence-corrected chi connectivity index (χ4v) is 2.05. The molecule has 0 spiro atoms. The van der Waals surface area contributed by atoms with Crippen molar-refractivity contribution in [3.05, 3.63) is 35.5 Å². The minimum atomic E-state index is 1.23. The largest absolute Gasteiger partial charge is 0.0879 e. The Morgan fingerprint density at radius 1 is 0.667 bits per heavy atom. The van der Waals surface area contributed by atoms with Gasteiger partial charge in [0.25, 0.3) is 0 Å². The predicted octanol–water partition coefficient (Wildman–Crippen LogP) is 3.76. The van der Waals surface area contributed by atoms with Gasteiger partial charge in [-0.15, -0.1) is 0 Å². The summed E-state index contributed by atoms with van der Waals surface area (Å²) < 4.78 is 0. The van der Waals surface area contributed by atoms with Crippen LogP contribution in [0.25, 0.3) is 0 Å². The first-order valence-corrected chi connectivity index (χ1v) is 4.96. The van der Waals surface area contributed by atoms with Crippen LogP contribution in [0.2, 0.25) is 0 Å². The zero-order valence-corrected chi connectivity index (χ0v) is 7.55. The van der Waals surface area contributed by atoms with Crippen molar-refractivity contribution in [1.82, 2.24) is 0 Å². The quantitative estimate of drug-likeness (QED) is 0.473. The zero-order valence-electron chi connectivity index (χ0n) is 7.55. The van der Waals surface area contributed by atoms with Gasteiger partial charge >= 0.3 is 0 Å². The van der Waals surface area contributed by atoms with Crippen LogP contribution >= 0.6 is 0 Å². The summed E-state index contributed by atoms with van der Waals surface area (Å²) in [6.07, 6.45) is 16.9. The van der Waals surface area contributed by atoms with Crippen LogP contribution in [-0.2, 0) is 0 Å². The van der Waals surface area contributed by atoms with E-state index in [0.717, 1.165) is 0 Å². The lowest BCUT2D eigenvalue weighted by Gasteiger charge is -2.17. The van der Waals surface area contributed by atoms with Crippen molar-refractivity contribution in [1.29, 1.82) is 0 Å². The molecule has 2 rings (SSSR count). The zero-order chi connectivity index (χ0) is 8.23. The second-order valence-electron chi connectivity index (χ2n) is 3.64. The average molecular weight is 160 g/mol. The molecule has 0 aliphatic heterocycles. The van der Waals surface area contributed by atoms with Crippen LogP contribution in [0.15, 0.2) is 35.5 Å². The molecule has 0 fully saturated rings. The van der Waals surface area contributed by atoms with Crippen molar-refractivity contribution in [3.63, 3.8) is 0 Å². The van der Waals surface area contributed by atoms with Crippen LogP contribution in [0.4, 0.5) is 0 Å². The monoisotopic (exact) mass is 160 g/mol. The summed E-state index contributed by atoms with van der Waals surface area (Å²) in [5.41, 5.74) is 3.45. The molecular weight excluding hydrogens is 144 g/mol.